The molecule has 2 aromatic heterocycles. The molecule has 82 valence electrons. The maximum atomic E-state index is 13.3. The van der Waals surface area contributed by atoms with E-state index >= 15 is 0 Å². The van der Waals surface area contributed by atoms with Crippen molar-refractivity contribution in [3.8, 4) is 10.6 Å². The van der Waals surface area contributed by atoms with Gasteiger partial charge in [0.05, 0.1) is 28.3 Å². The minimum atomic E-state index is -0.414. The zero-order chi connectivity index (χ0) is 11.4. The van der Waals surface area contributed by atoms with Gasteiger partial charge in [-0.05, 0) is 18.2 Å². The fourth-order valence-electron chi connectivity index (χ4n) is 1.21. The van der Waals surface area contributed by atoms with E-state index in [0.29, 0.717) is 4.88 Å². The van der Waals surface area contributed by atoms with Crippen LogP contribution in [0, 0.1) is 0 Å². The Kier molecular flexibility index (Phi) is 3.38. The largest absolute Gasteiger partial charge is 0.392 e. The molecule has 0 spiro atoms. The van der Waals surface area contributed by atoms with Crippen molar-refractivity contribution >= 4 is 17.2 Å². The topological polar surface area (TPSA) is 46.0 Å². The van der Waals surface area contributed by atoms with Gasteiger partial charge < -0.3 is 5.11 Å². The molecule has 0 fully saturated rings. The number of aliphatic hydroxyl groups is 1. The molecule has 0 saturated carbocycles. The Morgan fingerprint density at radius 1 is 1.44 bits per heavy atom. The van der Waals surface area contributed by atoms with E-state index in [0.717, 1.165) is 16.6 Å². The van der Waals surface area contributed by atoms with Gasteiger partial charge in [0.1, 0.15) is 5.83 Å². The first-order valence-electron chi connectivity index (χ1n) is 4.64. The van der Waals surface area contributed by atoms with Gasteiger partial charge in [0.2, 0.25) is 0 Å². The van der Waals surface area contributed by atoms with E-state index in [-0.39, 0.29) is 6.61 Å². The standard InChI is InChI=1S/C11H9FN2OS/c12-8(3-6-15)10-1-2-11(16-10)9-7-13-4-5-14-9/h1-5,7,15H,6H2. The lowest BCUT2D eigenvalue weighted by Crippen LogP contribution is -1.79. The molecular weight excluding hydrogens is 227 g/mol. The second kappa shape index (κ2) is 4.96. The number of aliphatic hydroxyl groups excluding tert-OH is 1. The molecular formula is C11H9FN2OS. The van der Waals surface area contributed by atoms with E-state index in [2.05, 4.69) is 9.97 Å². The van der Waals surface area contributed by atoms with Crippen LogP contribution in [0.15, 0.2) is 36.8 Å². The van der Waals surface area contributed by atoms with Crippen LogP contribution in [-0.2, 0) is 0 Å². The summed E-state index contributed by atoms with van der Waals surface area (Å²) in [6.45, 7) is -0.301. The number of thiophene rings is 1. The fourth-order valence-corrected chi connectivity index (χ4v) is 2.11. The summed E-state index contributed by atoms with van der Waals surface area (Å²) in [5.74, 6) is -0.414. The van der Waals surface area contributed by atoms with Crippen LogP contribution in [0.5, 0.6) is 0 Å². The van der Waals surface area contributed by atoms with Gasteiger partial charge in [-0.25, -0.2) is 4.39 Å². The highest BCUT2D eigenvalue weighted by atomic mass is 32.1. The number of nitrogens with zero attached hydrogens (tertiary/aromatic N) is 2. The molecule has 0 saturated heterocycles. The monoisotopic (exact) mass is 236 g/mol. The molecule has 0 unspecified atom stereocenters. The van der Waals surface area contributed by atoms with Crippen LogP contribution in [0.4, 0.5) is 4.39 Å². The Balaban J connectivity index is 2.30. The van der Waals surface area contributed by atoms with Crippen LogP contribution in [0.25, 0.3) is 16.4 Å². The van der Waals surface area contributed by atoms with Crippen LogP contribution in [0.3, 0.4) is 0 Å². The second-order valence-electron chi connectivity index (χ2n) is 2.99. The van der Waals surface area contributed by atoms with Gasteiger partial charge >= 0.3 is 0 Å². The molecule has 1 N–H and O–H groups in total. The Labute approximate surface area is 95.9 Å². The summed E-state index contributed by atoms with van der Waals surface area (Å²) >= 11 is 1.28. The van der Waals surface area contributed by atoms with Crippen molar-refractivity contribution in [3.63, 3.8) is 0 Å². The number of hydrogen-bond acceptors (Lipinski definition) is 4. The lowest BCUT2D eigenvalue weighted by molar-refractivity contribution is 0.342. The van der Waals surface area contributed by atoms with Crippen LogP contribution >= 0.6 is 11.3 Å². The highest BCUT2D eigenvalue weighted by Gasteiger charge is 2.07. The molecule has 2 heterocycles. The van der Waals surface area contributed by atoms with Gasteiger partial charge in [0.15, 0.2) is 0 Å². The maximum Gasteiger partial charge on any atom is 0.138 e. The summed E-state index contributed by atoms with van der Waals surface area (Å²) in [6.07, 6.45) is 5.94. The summed E-state index contributed by atoms with van der Waals surface area (Å²) in [7, 11) is 0. The lowest BCUT2D eigenvalue weighted by atomic mass is 10.3. The number of hydrogen-bond donors (Lipinski definition) is 1. The van der Waals surface area contributed by atoms with E-state index in [1.54, 1.807) is 30.7 Å². The zero-order valence-electron chi connectivity index (χ0n) is 8.30. The number of aromatic nitrogens is 2. The summed E-state index contributed by atoms with van der Waals surface area (Å²) in [4.78, 5) is 9.40. The minimum Gasteiger partial charge on any atom is -0.392 e. The summed E-state index contributed by atoms with van der Waals surface area (Å²) in [5, 5.41) is 8.59. The smallest absolute Gasteiger partial charge is 0.138 e. The predicted octanol–water partition coefficient (Wildman–Crippen LogP) is 2.51. The predicted molar refractivity (Wildman–Crippen MR) is 61.5 cm³/mol. The summed E-state index contributed by atoms with van der Waals surface area (Å²) in [5.41, 5.74) is 0.718. The molecule has 0 aliphatic carbocycles. The minimum absolute atomic E-state index is 0.301. The zero-order valence-corrected chi connectivity index (χ0v) is 9.12. The summed E-state index contributed by atoms with van der Waals surface area (Å²) in [6, 6.07) is 3.45. The summed E-state index contributed by atoms with van der Waals surface area (Å²) < 4.78 is 13.3. The van der Waals surface area contributed by atoms with Gasteiger partial charge in [-0.1, -0.05) is 0 Å². The highest BCUT2D eigenvalue weighted by molar-refractivity contribution is 7.16. The SMILES string of the molecule is OCC=C(F)c1ccc(-c2cnccn2)s1. The Bertz CT molecular complexity index is 496. The van der Waals surface area contributed by atoms with E-state index in [4.69, 9.17) is 5.11 Å². The van der Waals surface area contributed by atoms with Crippen molar-refractivity contribution in [1.82, 2.24) is 9.97 Å². The van der Waals surface area contributed by atoms with Crippen LogP contribution in [0.2, 0.25) is 0 Å². The van der Waals surface area contributed by atoms with Gasteiger partial charge in [-0.15, -0.1) is 11.3 Å². The van der Waals surface area contributed by atoms with Crippen molar-refractivity contribution in [2.24, 2.45) is 0 Å². The highest BCUT2D eigenvalue weighted by Crippen LogP contribution is 2.30. The van der Waals surface area contributed by atoms with Crippen molar-refractivity contribution in [2.45, 2.75) is 0 Å². The lowest BCUT2D eigenvalue weighted by Gasteiger charge is -1.93. The molecule has 16 heavy (non-hydrogen) atoms. The molecule has 0 aliphatic heterocycles. The number of rotatable bonds is 3. The Morgan fingerprint density at radius 2 is 2.31 bits per heavy atom. The van der Waals surface area contributed by atoms with Crippen molar-refractivity contribution in [3.05, 3.63) is 41.7 Å². The van der Waals surface area contributed by atoms with Crippen LogP contribution in [-0.4, -0.2) is 21.7 Å². The van der Waals surface area contributed by atoms with Gasteiger partial charge in [-0.2, -0.15) is 0 Å². The van der Waals surface area contributed by atoms with E-state index in [1.807, 2.05) is 0 Å². The number of halogens is 1. The van der Waals surface area contributed by atoms with Crippen LogP contribution in [0.1, 0.15) is 4.88 Å². The molecule has 2 aromatic rings. The Morgan fingerprint density at radius 3 is 3.00 bits per heavy atom. The van der Waals surface area contributed by atoms with Crippen molar-refractivity contribution in [1.29, 1.82) is 0 Å². The second-order valence-corrected chi connectivity index (χ2v) is 4.07. The molecule has 0 atom stereocenters. The quantitative estimate of drug-likeness (QED) is 0.890. The molecule has 3 nitrogen and oxygen atoms in total. The first-order chi connectivity index (χ1) is 7.81. The van der Waals surface area contributed by atoms with Crippen molar-refractivity contribution in [2.75, 3.05) is 6.61 Å². The Hall–Kier alpha value is -1.59. The van der Waals surface area contributed by atoms with Gasteiger partial charge in [0.25, 0.3) is 0 Å². The third-order valence-electron chi connectivity index (χ3n) is 1.93. The average Bonchev–Trinajstić information content (AvgIpc) is 2.80. The fraction of sp³-hybridized carbons (Fsp3) is 0.0909. The molecule has 2 rings (SSSR count). The maximum absolute atomic E-state index is 13.3. The first kappa shape index (κ1) is 10.9. The molecule has 0 radical (unpaired) electrons. The first-order valence-corrected chi connectivity index (χ1v) is 5.46. The van der Waals surface area contributed by atoms with Gasteiger partial charge in [-0.3, -0.25) is 9.97 Å². The molecule has 5 heteroatoms. The normalized spacial score (nSPS) is 11.8. The molecule has 0 aliphatic rings. The van der Waals surface area contributed by atoms with Crippen LogP contribution < -0.4 is 0 Å². The van der Waals surface area contributed by atoms with Crippen molar-refractivity contribution < 1.29 is 9.50 Å². The van der Waals surface area contributed by atoms with E-state index in [1.165, 1.54) is 11.3 Å². The van der Waals surface area contributed by atoms with Gasteiger partial charge in [0, 0.05) is 12.4 Å². The molecule has 0 aromatic carbocycles. The average molecular weight is 236 g/mol. The van der Waals surface area contributed by atoms with E-state index in [9.17, 15) is 4.39 Å². The van der Waals surface area contributed by atoms with E-state index < -0.39 is 5.83 Å². The molecule has 0 amide bonds. The molecule has 0 bridgehead atoms. The third-order valence-corrected chi connectivity index (χ3v) is 3.04. The third kappa shape index (κ3) is 2.32.